The predicted molar refractivity (Wildman–Crippen MR) is 84.1 cm³/mol. The number of hydrogen-bond donors (Lipinski definition) is 1. The van der Waals surface area contributed by atoms with Crippen molar-refractivity contribution in [2.45, 2.75) is 39.0 Å². The molecule has 1 aliphatic rings. The number of nitrogens with one attached hydrogen (secondary N) is 1. The third-order valence-electron chi connectivity index (χ3n) is 3.89. The molecule has 114 valence electrons. The summed E-state index contributed by atoms with van der Waals surface area (Å²) >= 11 is 0. The van der Waals surface area contributed by atoms with E-state index in [0.29, 0.717) is 13.0 Å². The normalized spacial score (nSPS) is 18.0. The summed E-state index contributed by atoms with van der Waals surface area (Å²) in [7, 11) is 0. The van der Waals surface area contributed by atoms with Gasteiger partial charge < -0.3 is 10.2 Å². The number of amides is 2. The first-order chi connectivity index (χ1) is 10.2. The first-order valence-corrected chi connectivity index (χ1v) is 7.85. The van der Waals surface area contributed by atoms with Gasteiger partial charge in [0.05, 0.1) is 5.92 Å². The van der Waals surface area contributed by atoms with Gasteiger partial charge in [0, 0.05) is 25.2 Å². The van der Waals surface area contributed by atoms with Crippen molar-refractivity contribution < 1.29 is 9.59 Å². The Hall–Kier alpha value is -1.84. The van der Waals surface area contributed by atoms with Gasteiger partial charge in [-0.25, -0.2) is 0 Å². The molecule has 4 nitrogen and oxygen atoms in total. The van der Waals surface area contributed by atoms with Crippen LogP contribution in [0.1, 0.15) is 39.0 Å². The standard InChI is InChI=1S/C17H24N2O2/c1-2-3-4-8-11-18-17(21)14-12-16(20)19(13-14)15-9-6-5-7-10-15/h5-7,9-10,14H,2-4,8,11-13H2,1H3,(H,18,21)/t14-/m0/s1. The highest BCUT2D eigenvalue weighted by molar-refractivity contribution is 6.00. The third kappa shape index (κ3) is 4.31. The summed E-state index contributed by atoms with van der Waals surface area (Å²) in [5.74, 6) is -0.172. The van der Waals surface area contributed by atoms with Crippen LogP contribution in [0.2, 0.25) is 0 Å². The monoisotopic (exact) mass is 288 g/mol. The molecule has 2 amide bonds. The topological polar surface area (TPSA) is 49.4 Å². The highest BCUT2D eigenvalue weighted by Crippen LogP contribution is 2.24. The Balaban J connectivity index is 1.80. The van der Waals surface area contributed by atoms with Crippen molar-refractivity contribution in [2.75, 3.05) is 18.0 Å². The lowest BCUT2D eigenvalue weighted by Crippen LogP contribution is -2.33. The Kier molecular flexibility index (Phi) is 5.78. The number of unbranched alkanes of at least 4 members (excludes halogenated alkanes) is 3. The van der Waals surface area contributed by atoms with Gasteiger partial charge in [0.15, 0.2) is 0 Å². The highest BCUT2D eigenvalue weighted by atomic mass is 16.2. The molecule has 0 unspecified atom stereocenters. The number of anilines is 1. The number of hydrogen-bond acceptors (Lipinski definition) is 2. The molecule has 0 bridgehead atoms. The second-order valence-electron chi connectivity index (χ2n) is 5.59. The van der Waals surface area contributed by atoms with E-state index in [4.69, 9.17) is 0 Å². The predicted octanol–water partition coefficient (Wildman–Crippen LogP) is 2.74. The molecule has 1 atom stereocenters. The maximum atomic E-state index is 12.1. The van der Waals surface area contributed by atoms with Crippen LogP contribution in [-0.2, 0) is 9.59 Å². The zero-order valence-corrected chi connectivity index (χ0v) is 12.7. The lowest BCUT2D eigenvalue weighted by atomic mass is 10.1. The summed E-state index contributed by atoms with van der Waals surface area (Å²) in [4.78, 5) is 25.9. The van der Waals surface area contributed by atoms with Crippen LogP contribution in [-0.4, -0.2) is 24.9 Å². The van der Waals surface area contributed by atoms with Gasteiger partial charge in [-0.15, -0.1) is 0 Å². The smallest absolute Gasteiger partial charge is 0.227 e. The van der Waals surface area contributed by atoms with Gasteiger partial charge in [0.2, 0.25) is 11.8 Å². The van der Waals surface area contributed by atoms with E-state index in [1.807, 2.05) is 30.3 Å². The fourth-order valence-electron chi connectivity index (χ4n) is 2.65. The zero-order valence-electron chi connectivity index (χ0n) is 12.7. The van der Waals surface area contributed by atoms with Crippen LogP contribution in [0.25, 0.3) is 0 Å². The second kappa shape index (κ2) is 7.81. The van der Waals surface area contributed by atoms with E-state index < -0.39 is 0 Å². The second-order valence-corrected chi connectivity index (χ2v) is 5.59. The van der Waals surface area contributed by atoms with Gasteiger partial charge in [-0.3, -0.25) is 9.59 Å². The molecule has 4 heteroatoms. The van der Waals surface area contributed by atoms with Crippen LogP contribution in [0.15, 0.2) is 30.3 Å². The molecular weight excluding hydrogens is 264 g/mol. The maximum absolute atomic E-state index is 12.1. The van der Waals surface area contributed by atoms with Gasteiger partial charge in [0.1, 0.15) is 0 Å². The Morgan fingerprint density at radius 1 is 1.24 bits per heavy atom. The molecule has 1 fully saturated rings. The van der Waals surface area contributed by atoms with E-state index in [-0.39, 0.29) is 17.7 Å². The van der Waals surface area contributed by atoms with E-state index in [2.05, 4.69) is 12.2 Å². The van der Waals surface area contributed by atoms with Crippen molar-refractivity contribution in [3.8, 4) is 0 Å². The lowest BCUT2D eigenvalue weighted by Gasteiger charge is -2.16. The molecule has 2 rings (SSSR count). The minimum Gasteiger partial charge on any atom is -0.356 e. The molecule has 0 aromatic heterocycles. The van der Waals surface area contributed by atoms with Crippen molar-refractivity contribution in [1.82, 2.24) is 5.32 Å². The third-order valence-corrected chi connectivity index (χ3v) is 3.89. The van der Waals surface area contributed by atoms with Crippen molar-refractivity contribution in [3.05, 3.63) is 30.3 Å². The number of carbonyl (C=O) groups is 2. The first-order valence-electron chi connectivity index (χ1n) is 7.85. The molecule has 0 spiro atoms. The molecule has 1 heterocycles. The van der Waals surface area contributed by atoms with Crippen LogP contribution < -0.4 is 10.2 Å². The minimum atomic E-state index is -0.219. The number of benzene rings is 1. The summed E-state index contributed by atoms with van der Waals surface area (Å²) in [6.07, 6.45) is 4.88. The summed E-state index contributed by atoms with van der Waals surface area (Å²) in [5, 5.41) is 2.96. The molecule has 1 N–H and O–H groups in total. The van der Waals surface area contributed by atoms with Crippen molar-refractivity contribution >= 4 is 17.5 Å². The Morgan fingerprint density at radius 2 is 2.00 bits per heavy atom. The molecule has 0 radical (unpaired) electrons. The Bertz CT molecular complexity index is 473. The van der Waals surface area contributed by atoms with E-state index in [9.17, 15) is 9.59 Å². The quantitative estimate of drug-likeness (QED) is 0.784. The number of nitrogens with zero attached hydrogens (tertiary/aromatic N) is 1. The number of para-hydroxylation sites is 1. The maximum Gasteiger partial charge on any atom is 0.227 e. The molecule has 1 aromatic rings. The number of carbonyl (C=O) groups excluding carboxylic acids is 2. The van der Waals surface area contributed by atoms with Crippen LogP contribution in [0.3, 0.4) is 0 Å². The van der Waals surface area contributed by atoms with Crippen LogP contribution in [0, 0.1) is 5.92 Å². The summed E-state index contributed by atoms with van der Waals surface area (Å²) < 4.78 is 0. The highest BCUT2D eigenvalue weighted by Gasteiger charge is 2.34. The molecule has 0 aliphatic carbocycles. The molecule has 1 saturated heterocycles. The summed E-state index contributed by atoms with van der Waals surface area (Å²) in [6.45, 7) is 3.37. The van der Waals surface area contributed by atoms with E-state index >= 15 is 0 Å². The van der Waals surface area contributed by atoms with Gasteiger partial charge in [-0.2, -0.15) is 0 Å². The SMILES string of the molecule is CCCCCCNC(=O)[C@H]1CC(=O)N(c2ccccc2)C1. The lowest BCUT2D eigenvalue weighted by molar-refractivity contribution is -0.126. The number of rotatable bonds is 7. The van der Waals surface area contributed by atoms with Crippen molar-refractivity contribution in [3.63, 3.8) is 0 Å². The van der Waals surface area contributed by atoms with Gasteiger partial charge in [0.25, 0.3) is 0 Å². The van der Waals surface area contributed by atoms with Crippen molar-refractivity contribution in [2.24, 2.45) is 5.92 Å². The fraction of sp³-hybridized carbons (Fsp3) is 0.529. The summed E-state index contributed by atoms with van der Waals surface area (Å²) in [5.41, 5.74) is 0.876. The molecule has 1 aliphatic heterocycles. The van der Waals surface area contributed by atoms with Gasteiger partial charge in [-0.1, -0.05) is 44.4 Å². The van der Waals surface area contributed by atoms with Crippen LogP contribution in [0.5, 0.6) is 0 Å². The fourth-order valence-corrected chi connectivity index (χ4v) is 2.65. The Labute approximate surface area is 126 Å². The average Bonchev–Trinajstić information content (AvgIpc) is 2.90. The van der Waals surface area contributed by atoms with E-state index in [1.54, 1.807) is 4.90 Å². The largest absolute Gasteiger partial charge is 0.356 e. The molecular formula is C17H24N2O2. The zero-order chi connectivity index (χ0) is 15.1. The average molecular weight is 288 g/mol. The van der Waals surface area contributed by atoms with Crippen LogP contribution in [0.4, 0.5) is 5.69 Å². The summed E-state index contributed by atoms with van der Waals surface area (Å²) in [6, 6.07) is 9.55. The van der Waals surface area contributed by atoms with Crippen molar-refractivity contribution in [1.29, 1.82) is 0 Å². The molecule has 0 saturated carbocycles. The minimum absolute atomic E-state index is 0.0123. The van der Waals surface area contributed by atoms with E-state index in [0.717, 1.165) is 25.1 Å². The first kappa shape index (κ1) is 15.5. The van der Waals surface area contributed by atoms with E-state index in [1.165, 1.54) is 12.8 Å². The van der Waals surface area contributed by atoms with Gasteiger partial charge >= 0.3 is 0 Å². The van der Waals surface area contributed by atoms with Crippen LogP contribution >= 0.6 is 0 Å². The molecule has 1 aromatic carbocycles. The Morgan fingerprint density at radius 3 is 2.71 bits per heavy atom. The van der Waals surface area contributed by atoms with Gasteiger partial charge in [-0.05, 0) is 18.6 Å². The molecule has 21 heavy (non-hydrogen) atoms.